The van der Waals surface area contributed by atoms with Crippen LogP contribution in [0.4, 0.5) is 0 Å². The van der Waals surface area contributed by atoms with Crippen molar-refractivity contribution in [3.05, 3.63) is 17.5 Å². The fourth-order valence-electron chi connectivity index (χ4n) is 2.86. The van der Waals surface area contributed by atoms with Crippen molar-refractivity contribution in [1.29, 1.82) is 0 Å². The fourth-order valence-corrected chi connectivity index (χ4v) is 4.40. The molecular weight excluding hydrogens is 274 g/mol. The van der Waals surface area contributed by atoms with E-state index in [2.05, 4.69) is 22.8 Å². The van der Waals surface area contributed by atoms with Gasteiger partial charge in [0.2, 0.25) is 10.0 Å². The van der Waals surface area contributed by atoms with Crippen molar-refractivity contribution in [2.75, 3.05) is 18.8 Å². The molecule has 5 nitrogen and oxygen atoms in total. The Kier molecular flexibility index (Phi) is 4.86. The monoisotopic (exact) mass is 299 g/mol. The van der Waals surface area contributed by atoms with Crippen LogP contribution in [0.2, 0.25) is 0 Å². The molecule has 1 fully saturated rings. The third kappa shape index (κ3) is 3.61. The third-order valence-corrected chi connectivity index (χ3v) is 6.04. The smallest absolute Gasteiger partial charge is 0.214 e. The highest BCUT2D eigenvalue weighted by Crippen LogP contribution is 2.22. The number of aryl methyl sites for hydroxylation is 2. The van der Waals surface area contributed by atoms with Crippen LogP contribution < -0.4 is 0 Å². The van der Waals surface area contributed by atoms with Crippen molar-refractivity contribution in [2.45, 2.75) is 46.6 Å². The molecule has 2 rings (SSSR count). The highest BCUT2D eigenvalue weighted by atomic mass is 32.2. The normalized spacial score (nSPS) is 18.6. The summed E-state index contributed by atoms with van der Waals surface area (Å²) in [7, 11) is -3.02. The summed E-state index contributed by atoms with van der Waals surface area (Å²) in [5, 5.41) is 4.49. The molecule has 2 heterocycles. The van der Waals surface area contributed by atoms with Gasteiger partial charge in [0.1, 0.15) is 0 Å². The lowest BCUT2D eigenvalue weighted by molar-refractivity contribution is 0.246. The van der Waals surface area contributed by atoms with Crippen LogP contribution in [-0.2, 0) is 16.6 Å². The number of sulfonamides is 1. The van der Waals surface area contributed by atoms with Crippen molar-refractivity contribution in [3.63, 3.8) is 0 Å². The molecule has 0 atom stereocenters. The van der Waals surface area contributed by atoms with Gasteiger partial charge in [-0.3, -0.25) is 4.68 Å². The van der Waals surface area contributed by atoms with Crippen molar-refractivity contribution < 1.29 is 8.42 Å². The maximum absolute atomic E-state index is 12.0. The molecule has 0 amide bonds. The molecule has 0 aliphatic carbocycles. The van der Waals surface area contributed by atoms with Gasteiger partial charge in [-0.15, -0.1) is 0 Å². The van der Waals surface area contributed by atoms with Crippen molar-refractivity contribution in [2.24, 2.45) is 5.92 Å². The van der Waals surface area contributed by atoms with Crippen LogP contribution in [0.3, 0.4) is 0 Å². The number of rotatable bonds is 5. The molecule has 1 saturated heterocycles. The maximum atomic E-state index is 12.0. The number of piperidine rings is 1. The van der Waals surface area contributed by atoms with Gasteiger partial charge in [-0.1, -0.05) is 6.92 Å². The minimum absolute atomic E-state index is 0.273. The summed E-state index contributed by atoms with van der Waals surface area (Å²) >= 11 is 0. The predicted octanol–water partition coefficient (Wildman–Crippen LogP) is 1.95. The largest absolute Gasteiger partial charge is 0.269 e. The minimum atomic E-state index is -3.02. The number of hydrogen-bond donors (Lipinski definition) is 0. The molecule has 1 aromatic heterocycles. The molecule has 1 aliphatic heterocycles. The molecule has 0 N–H and O–H groups in total. The number of nitrogens with zero attached hydrogens (tertiary/aromatic N) is 3. The molecular formula is C14H25N3O2S. The zero-order valence-corrected chi connectivity index (χ0v) is 13.5. The second-order valence-electron chi connectivity index (χ2n) is 5.77. The Morgan fingerprint density at radius 3 is 2.45 bits per heavy atom. The zero-order valence-electron chi connectivity index (χ0n) is 12.7. The minimum Gasteiger partial charge on any atom is -0.269 e. The molecule has 0 radical (unpaired) electrons. The van der Waals surface area contributed by atoms with E-state index in [9.17, 15) is 8.42 Å². The number of aromatic nitrogens is 2. The van der Waals surface area contributed by atoms with Crippen LogP contribution in [-0.4, -0.2) is 41.3 Å². The van der Waals surface area contributed by atoms with Gasteiger partial charge in [0, 0.05) is 25.3 Å². The van der Waals surface area contributed by atoms with E-state index in [1.807, 2.05) is 13.8 Å². The van der Waals surface area contributed by atoms with E-state index in [0.717, 1.165) is 25.1 Å². The van der Waals surface area contributed by atoms with Gasteiger partial charge in [-0.25, -0.2) is 12.7 Å². The van der Waals surface area contributed by atoms with Gasteiger partial charge in [0.15, 0.2) is 0 Å². The van der Waals surface area contributed by atoms with Gasteiger partial charge in [0.25, 0.3) is 0 Å². The Hall–Kier alpha value is -0.880. The average molecular weight is 299 g/mol. The SMILES string of the molecule is CCCS(=O)(=O)N1CCC(Cn2nc(C)cc2C)CC1. The highest BCUT2D eigenvalue weighted by molar-refractivity contribution is 7.89. The van der Waals surface area contributed by atoms with Crippen LogP contribution in [0.1, 0.15) is 37.6 Å². The predicted molar refractivity (Wildman–Crippen MR) is 80.1 cm³/mol. The highest BCUT2D eigenvalue weighted by Gasteiger charge is 2.27. The van der Waals surface area contributed by atoms with Gasteiger partial charge in [-0.05, 0) is 45.1 Å². The summed E-state index contributed by atoms with van der Waals surface area (Å²) in [5.74, 6) is 0.802. The Labute approximate surface area is 122 Å². The third-order valence-electron chi connectivity index (χ3n) is 3.96. The van der Waals surface area contributed by atoms with Crippen LogP contribution in [0.5, 0.6) is 0 Å². The molecule has 6 heteroatoms. The second kappa shape index (κ2) is 6.26. The quantitative estimate of drug-likeness (QED) is 0.835. The fraction of sp³-hybridized carbons (Fsp3) is 0.786. The first kappa shape index (κ1) is 15.5. The molecule has 20 heavy (non-hydrogen) atoms. The molecule has 114 valence electrons. The van der Waals surface area contributed by atoms with E-state index in [0.29, 0.717) is 25.4 Å². The van der Waals surface area contributed by atoms with E-state index in [1.165, 1.54) is 5.69 Å². The van der Waals surface area contributed by atoms with Crippen molar-refractivity contribution in [3.8, 4) is 0 Å². The zero-order chi connectivity index (χ0) is 14.8. The van der Waals surface area contributed by atoms with Crippen LogP contribution in [0.15, 0.2) is 6.07 Å². The van der Waals surface area contributed by atoms with Crippen LogP contribution >= 0.6 is 0 Å². The molecule has 0 unspecified atom stereocenters. The summed E-state index contributed by atoms with van der Waals surface area (Å²) in [5.41, 5.74) is 2.23. The summed E-state index contributed by atoms with van der Waals surface area (Å²) in [6.07, 6.45) is 2.55. The lowest BCUT2D eigenvalue weighted by atomic mass is 9.98. The van der Waals surface area contributed by atoms with Gasteiger partial charge in [0.05, 0.1) is 11.4 Å². The van der Waals surface area contributed by atoms with Gasteiger partial charge >= 0.3 is 0 Å². The second-order valence-corrected chi connectivity index (χ2v) is 7.86. The van der Waals surface area contributed by atoms with E-state index in [-0.39, 0.29) is 5.75 Å². The van der Waals surface area contributed by atoms with Crippen molar-refractivity contribution in [1.82, 2.24) is 14.1 Å². The molecule has 0 spiro atoms. The summed E-state index contributed by atoms with van der Waals surface area (Å²) in [4.78, 5) is 0. The van der Waals surface area contributed by atoms with E-state index >= 15 is 0 Å². The summed E-state index contributed by atoms with van der Waals surface area (Å²) < 4.78 is 27.7. The Morgan fingerprint density at radius 2 is 1.95 bits per heavy atom. The topological polar surface area (TPSA) is 55.2 Å². The van der Waals surface area contributed by atoms with Gasteiger partial charge < -0.3 is 0 Å². The summed E-state index contributed by atoms with van der Waals surface area (Å²) in [6, 6.07) is 2.08. The van der Waals surface area contributed by atoms with E-state index in [4.69, 9.17) is 0 Å². The molecule has 1 aromatic rings. The molecule has 1 aliphatic rings. The van der Waals surface area contributed by atoms with Crippen molar-refractivity contribution >= 4 is 10.0 Å². The average Bonchev–Trinajstić information content (AvgIpc) is 2.68. The Balaban J connectivity index is 1.90. The molecule has 0 bridgehead atoms. The first-order valence-corrected chi connectivity index (χ1v) is 9.02. The standard InChI is InChI=1S/C14H25N3O2S/c1-4-9-20(18,19)16-7-5-14(6-8-16)11-17-13(3)10-12(2)15-17/h10,14H,4-9,11H2,1-3H3. The van der Waals surface area contributed by atoms with E-state index in [1.54, 1.807) is 4.31 Å². The van der Waals surface area contributed by atoms with Crippen LogP contribution in [0, 0.1) is 19.8 Å². The Morgan fingerprint density at radius 1 is 1.30 bits per heavy atom. The number of hydrogen-bond acceptors (Lipinski definition) is 3. The lowest BCUT2D eigenvalue weighted by Crippen LogP contribution is -2.40. The molecule has 0 aromatic carbocycles. The first-order valence-electron chi connectivity index (χ1n) is 7.41. The molecule has 0 saturated carbocycles. The van der Waals surface area contributed by atoms with E-state index < -0.39 is 10.0 Å². The first-order chi connectivity index (χ1) is 9.42. The van der Waals surface area contributed by atoms with Gasteiger partial charge in [-0.2, -0.15) is 5.10 Å². The van der Waals surface area contributed by atoms with Crippen LogP contribution in [0.25, 0.3) is 0 Å². The Bertz CT molecular complexity index is 543. The lowest BCUT2D eigenvalue weighted by Gasteiger charge is -2.31. The maximum Gasteiger partial charge on any atom is 0.214 e. The summed E-state index contributed by atoms with van der Waals surface area (Å²) in [6.45, 7) is 8.21.